The maximum absolute atomic E-state index is 10.5. The molecule has 0 aliphatic carbocycles. The maximum Gasteiger partial charge on any atom is 1.00 e. The molecule has 0 aromatic rings. The van der Waals surface area contributed by atoms with Gasteiger partial charge >= 0.3 is 139 Å². The summed E-state index contributed by atoms with van der Waals surface area (Å²) in [7, 11) is 0. The molecular formula is C4H3F3K2NaO4+. The van der Waals surface area contributed by atoms with Crippen LogP contribution in [0.25, 0.3) is 0 Å². The number of hydrogen-bond donors (Lipinski definition) is 0. The molecule has 14 heavy (non-hydrogen) atoms. The van der Waals surface area contributed by atoms with Gasteiger partial charge in [0.25, 0.3) is 0 Å². The molecule has 0 aliphatic rings. The standard InChI is InChI=1S/C2HF3O2.C2H4O2.2K.Na/c3-2(4,5)1(6)7;1-2(3)4;;;/h(H,6,7);1H3,(H,3,4);;;/q;;3*+1/p-2. The molecule has 0 heterocycles. The van der Waals surface area contributed by atoms with Crippen LogP contribution >= 0.6 is 0 Å². The Morgan fingerprint density at radius 1 is 1.07 bits per heavy atom. The average molecular weight is 273 g/mol. The van der Waals surface area contributed by atoms with Crippen LogP contribution in [0, 0.1) is 0 Å². The first-order chi connectivity index (χ1) is 4.68. The summed E-state index contributed by atoms with van der Waals surface area (Å²) < 4.78 is 31.5. The van der Waals surface area contributed by atoms with Crippen LogP contribution in [0.4, 0.5) is 13.2 Å². The van der Waals surface area contributed by atoms with Crippen LogP contribution in [0.15, 0.2) is 0 Å². The smallest absolute Gasteiger partial charge is 0.550 e. The Balaban J connectivity index is -0.0000000347. The third-order valence-electron chi connectivity index (χ3n) is 0.231. The summed E-state index contributed by atoms with van der Waals surface area (Å²) in [5.74, 6) is -4.09. The van der Waals surface area contributed by atoms with Crippen LogP contribution in [0.2, 0.25) is 0 Å². The monoisotopic (exact) mass is 273 g/mol. The SMILES string of the molecule is CC(=O)[O-].O=C([O-])C(F)(F)F.[K+].[K+].[Na+]. The first-order valence-electron chi connectivity index (χ1n) is 2.13. The molecule has 66 valence electrons. The van der Waals surface area contributed by atoms with Crippen LogP contribution in [0.3, 0.4) is 0 Å². The van der Waals surface area contributed by atoms with E-state index >= 15 is 0 Å². The van der Waals surface area contributed by atoms with E-state index in [2.05, 4.69) is 0 Å². The first kappa shape index (κ1) is 30.2. The number of carbonyl (C=O) groups is 2. The Bertz CT molecular complexity index is 159. The van der Waals surface area contributed by atoms with Crippen molar-refractivity contribution in [2.75, 3.05) is 0 Å². The Labute approximate surface area is 186 Å². The minimum absolute atomic E-state index is 0. The van der Waals surface area contributed by atoms with Crippen molar-refractivity contribution in [3.05, 3.63) is 0 Å². The molecule has 0 saturated carbocycles. The molecule has 0 radical (unpaired) electrons. The van der Waals surface area contributed by atoms with Gasteiger partial charge < -0.3 is 19.8 Å². The third kappa shape index (κ3) is 36.3. The molecule has 4 nitrogen and oxygen atoms in total. The largest absolute Gasteiger partial charge is 1.00 e. The number of halogens is 3. The van der Waals surface area contributed by atoms with E-state index in [-0.39, 0.29) is 132 Å². The van der Waals surface area contributed by atoms with Gasteiger partial charge in [0, 0.05) is 5.97 Å². The molecular weight excluding hydrogens is 270 g/mol. The second-order valence-electron chi connectivity index (χ2n) is 1.28. The predicted octanol–water partition coefficient (Wildman–Crippen LogP) is -10.9. The minimum Gasteiger partial charge on any atom is -0.550 e. The topological polar surface area (TPSA) is 80.3 Å². The zero-order valence-corrected chi connectivity index (χ0v) is 16.5. The van der Waals surface area contributed by atoms with Gasteiger partial charge in [0.05, 0.1) is 0 Å². The van der Waals surface area contributed by atoms with E-state index in [9.17, 15) is 13.2 Å². The van der Waals surface area contributed by atoms with Gasteiger partial charge in [-0.2, -0.15) is 13.2 Å². The fourth-order valence-corrected chi connectivity index (χ4v) is 0. The molecule has 0 saturated heterocycles. The third-order valence-corrected chi connectivity index (χ3v) is 0.231. The fourth-order valence-electron chi connectivity index (χ4n) is 0. The molecule has 0 rings (SSSR count). The second kappa shape index (κ2) is 16.0. The van der Waals surface area contributed by atoms with Gasteiger partial charge in [0.2, 0.25) is 0 Å². The Morgan fingerprint density at radius 3 is 1.14 bits per heavy atom. The Kier molecular flexibility index (Phi) is 34.5. The van der Waals surface area contributed by atoms with Gasteiger partial charge in [-0.25, -0.2) is 0 Å². The van der Waals surface area contributed by atoms with Crippen molar-refractivity contribution in [1.29, 1.82) is 0 Å². The number of carboxylic acid groups (broad SMARTS) is 2. The summed E-state index contributed by atoms with van der Waals surface area (Å²) >= 11 is 0. The van der Waals surface area contributed by atoms with Gasteiger partial charge in [-0.05, 0) is 6.92 Å². The summed E-state index contributed by atoms with van der Waals surface area (Å²) in [6.07, 6.45) is -5.19. The number of aliphatic carboxylic acids is 2. The van der Waals surface area contributed by atoms with Crippen LogP contribution in [0.5, 0.6) is 0 Å². The van der Waals surface area contributed by atoms with Crippen molar-refractivity contribution in [3.8, 4) is 0 Å². The van der Waals surface area contributed by atoms with Gasteiger partial charge in [0.15, 0.2) is 0 Å². The van der Waals surface area contributed by atoms with E-state index in [0.717, 1.165) is 6.92 Å². The molecule has 0 N–H and O–H groups in total. The summed E-state index contributed by atoms with van der Waals surface area (Å²) in [5, 5.41) is 17.7. The zero-order valence-electron chi connectivity index (χ0n) is 8.27. The van der Waals surface area contributed by atoms with Crippen molar-refractivity contribution >= 4 is 11.9 Å². The molecule has 10 heteroatoms. The van der Waals surface area contributed by atoms with Crippen molar-refractivity contribution < 1.29 is 165 Å². The molecule has 0 unspecified atom stereocenters. The number of hydrogen-bond acceptors (Lipinski definition) is 4. The van der Waals surface area contributed by atoms with E-state index < -0.39 is 18.1 Å². The quantitative estimate of drug-likeness (QED) is 0.411. The van der Waals surface area contributed by atoms with Gasteiger partial charge in [-0.1, -0.05) is 0 Å². The summed E-state index contributed by atoms with van der Waals surface area (Å²) in [5.41, 5.74) is 0. The molecule has 0 fully saturated rings. The second-order valence-corrected chi connectivity index (χ2v) is 1.28. The van der Waals surface area contributed by atoms with Crippen LogP contribution < -0.4 is 143 Å². The molecule has 0 aliphatic heterocycles. The Hall–Kier alpha value is 3.00. The average Bonchev–Trinajstić information content (AvgIpc) is 1.59. The van der Waals surface area contributed by atoms with Crippen LogP contribution in [0.1, 0.15) is 6.92 Å². The predicted molar refractivity (Wildman–Crippen MR) is 21.7 cm³/mol. The van der Waals surface area contributed by atoms with E-state index in [1.165, 1.54) is 0 Å². The van der Waals surface area contributed by atoms with E-state index in [1.54, 1.807) is 0 Å². The summed E-state index contributed by atoms with van der Waals surface area (Å²) in [4.78, 5) is 17.7. The number of carboxylic acids is 2. The van der Waals surface area contributed by atoms with E-state index in [4.69, 9.17) is 19.8 Å². The summed E-state index contributed by atoms with van der Waals surface area (Å²) in [6, 6.07) is 0. The molecule has 0 amide bonds. The number of rotatable bonds is 0. The molecule has 0 aromatic carbocycles. The van der Waals surface area contributed by atoms with Crippen molar-refractivity contribution in [2.45, 2.75) is 13.1 Å². The zero-order chi connectivity index (χ0) is 9.65. The Morgan fingerprint density at radius 2 is 1.14 bits per heavy atom. The van der Waals surface area contributed by atoms with Gasteiger partial charge in [-0.15, -0.1) is 0 Å². The number of carbonyl (C=O) groups excluding carboxylic acids is 2. The first-order valence-corrected chi connectivity index (χ1v) is 2.13. The van der Waals surface area contributed by atoms with Crippen molar-refractivity contribution in [1.82, 2.24) is 0 Å². The molecule has 0 spiro atoms. The van der Waals surface area contributed by atoms with Crippen LogP contribution in [-0.2, 0) is 9.59 Å². The number of alkyl halides is 3. The van der Waals surface area contributed by atoms with E-state index in [0.29, 0.717) is 0 Å². The normalized spacial score (nSPS) is 7.43. The minimum atomic E-state index is -5.19. The van der Waals surface area contributed by atoms with E-state index in [1.807, 2.05) is 0 Å². The fraction of sp³-hybridized carbons (Fsp3) is 0.500. The maximum atomic E-state index is 10.5. The molecule has 0 bridgehead atoms. The molecule has 0 atom stereocenters. The van der Waals surface area contributed by atoms with Crippen LogP contribution in [-0.4, -0.2) is 18.1 Å². The molecule has 0 aromatic heterocycles. The van der Waals surface area contributed by atoms with Gasteiger partial charge in [0.1, 0.15) is 5.97 Å². The van der Waals surface area contributed by atoms with Gasteiger partial charge in [-0.3, -0.25) is 0 Å². The van der Waals surface area contributed by atoms with Crippen molar-refractivity contribution in [2.24, 2.45) is 0 Å². The van der Waals surface area contributed by atoms with Crippen molar-refractivity contribution in [3.63, 3.8) is 0 Å². The summed E-state index contributed by atoms with van der Waals surface area (Å²) in [6.45, 7) is 0.972.